The van der Waals surface area contributed by atoms with Gasteiger partial charge in [0.1, 0.15) is 22.9 Å². The minimum Gasteiger partial charge on any atom is -0.429 e. The Morgan fingerprint density at radius 3 is 2.58 bits per heavy atom. The normalized spacial score (nSPS) is 21.9. The van der Waals surface area contributed by atoms with E-state index in [1.54, 1.807) is 24.0 Å². The third-order valence-corrected chi connectivity index (χ3v) is 8.45. The third-order valence-electron chi connectivity index (χ3n) is 8.16. The van der Waals surface area contributed by atoms with E-state index < -0.39 is 64.3 Å². The maximum Gasteiger partial charge on any atom is 0.414 e. The van der Waals surface area contributed by atoms with Crippen molar-refractivity contribution in [1.29, 1.82) is 5.26 Å². The second kappa shape index (κ2) is 14.8. The summed E-state index contributed by atoms with van der Waals surface area (Å²) in [6.07, 6.45) is -1.12. The maximum atomic E-state index is 15.8. The molecule has 48 heavy (non-hydrogen) atoms. The van der Waals surface area contributed by atoms with Gasteiger partial charge in [0.05, 0.1) is 41.9 Å². The van der Waals surface area contributed by atoms with Crippen LogP contribution in [0.25, 0.3) is 0 Å². The van der Waals surface area contributed by atoms with E-state index in [0.29, 0.717) is 19.2 Å². The van der Waals surface area contributed by atoms with Gasteiger partial charge in [-0.3, -0.25) is 15.3 Å². The van der Waals surface area contributed by atoms with Gasteiger partial charge in [-0.2, -0.15) is 10.4 Å². The number of aromatic nitrogens is 2. The summed E-state index contributed by atoms with van der Waals surface area (Å²) in [6.45, 7) is 10.2. The minimum atomic E-state index is -1.87. The third kappa shape index (κ3) is 8.48. The first-order chi connectivity index (χ1) is 22.5. The summed E-state index contributed by atoms with van der Waals surface area (Å²) in [7, 11) is 1.73. The molecule has 0 bridgehead atoms. The van der Waals surface area contributed by atoms with Crippen molar-refractivity contribution in [3.05, 3.63) is 82.3 Å². The highest BCUT2D eigenvalue weighted by molar-refractivity contribution is 6.30. The van der Waals surface area contributed by atoms with Gasteiger partial charge in [0, 0.05) is 36.5 Å². The SMILES string of the molecule is CNC[C@H](O)COC(C)(C)Cn1ccc(NC(=O)O[C@H]2N[C@@H](CC(C)(C)C)[C@](C#N)(c3ccc(F)cc3F)[C@H]2c2cccc(Cl)c2F)n1. The fourth-order valence-corrected chi connectivity index (χ4v) is 6.37. The lowest BCUT2D eigenvalue weighted by molar-refractivity contribution is -0.0680. The van der Waals surface area contributed by atoms with E-state index in [2.05, 4.69) is 27.1 Å². The Kier molecular flexibility index (Phi) is 11.5. The number of anilines is 1. The molecule has 1 aliphatic rings. The lowest BCUT2D eigenvalue weighted by atomic mass is 9.63. The number of nitriles is 1. The van der Waals surface area contributed by atoms with Crippen molar-refractivity contribution >= 4 is 23.5 Å². The number of aliphatic hydroxyl groups excluding tert-OH is 1. The highest BCUT2D eigenvalue weighted by Crippen LogP contribution is 2.52. The summed E-state index contributed by atoms with van der Waals surface area (Å²) >= 11 is 6.17. The van der Waals surface area contributed by atoms with Crippen molar-refractivity contribution < 1.29 is 32.5 Å². The van der Waals surface area contributed by atoms with Crippen LogP contribution in [0.3, 0.4) is 0 Å². The van der Waals surface area contributed by atoms with E-state index in [1.807, 2.05) is 34.6 Å². The van der Waals surface area contributed by atoms with Gasteiger partial charge in [0.15, 0.2) is 12.0 Å². The second-order valence-electron chi connectivity index (χ2n) is 13.8. The van der Waals surface area contributed by atoms with Gasteiger partial charge in [-0.1, -0.05) is 50.6 Å². The number of nitrogens with zero attached hydrogens (tertiary/aromatic N) is 3. The van der Waals surface area contributed by atoms with E-state index in [0.717, 1.165) is 6.07 Å². The molecule has 1 amide bonds. The van der Waals surface area contributed by atoms with Crippen molar-refractivity contribution in [3.63, 3.8) is 0 Å². The number of carbonyl (C=O) groups is 1. The molecule has 4 rings (SSSR count). The van der Waals surface area contributed by atoms with Crippen LogP contribution >= 0.6 is 11.6 Å². The molecule has 0 aliphatic carbocycles. The summed E-state index contributed by atoms with van der Waals surface area (Å²) in [4.78, 5) is 13.4. The zero-order chi connectivity index (χ0) is 35.4. The van der Waals surface area contributed by atoms with Crippen LogP contribution < -0.4 is 16.0 Å². The number of amides is 1. The van der Waals surface area contributed by atoms with Crippen molar-refractivity contribution in [3.8, 4) is 6.07 Å². The summed E-state index contributed by atoms with van der Waals surface area (Å²) in [5.74, 6) is -3.88. The first-order valence-corrected chi connectivity index (χ1v) is 15.9. The average molecular weight is 691 g/mol. The number of carbonyl (C=O) groups excluding carboxylic acids is 1. The van der Waals surface area contributed by atoms with E-state index in [4.69, 9.17) is 21.1 Å². The molecular formula is C34H42ClF3N6O4. The number of aliphatic hydroxyl groups is 1. The molecule has 1 fully saturated rings. The van der Waals surface area contributed by atoms with Crippen molar-refractivity contribution in [2.75, 3.05) is 25.5 Å². The number of benzene rings is 2. The predicted molar refractivity (Wildman–Crippen MR) is 175 cm³/mol. The number of rotatable bonds is 12. The van der Waals surface area contributed by atoms with Gasteiger partial charge in [-0.05, 0) is 50.4 Å². The Hall–Kier alpha value is -3.67. The molecule has 1 saturated heterocycles. The lowest BCUT2D eigenvalue weighted by Gasteiger charge is -2.37. The van der Waals surface area contributed by atoms with Gasteiger partial charge in [0.25, 0.3) is 0 Å². The Labute approximate surface area is 283 Å². The van der Waals surface area contributed by atoms with Gasteiger partial charge >= 0.3 is 6.09 Å². The summed E-state index contributed by atoms with van der Waals surface area (Å²) < 4.78 is 58.7. The highest BCUT2D eigenvalue weighted by atomic mass is 35.5. The smallest absolute Gasteiger partial charge is 0.414 e. The zero-order valence-corrected chi connectivity index (χ0v) is 28.5. The first kappa shape index (κ1) is 37.2. The molecule has 2 heterocycles. The molecule has 1 aromatic heterocycles. The van der Waals surface area contributed by atoms with Crippen LogP contribution in [0, 0.1) is 34.2 Å². The molecule has 0 saturated carbocycles. The molecule has 0 spiro atoms. The number of halogens is 4. The van der Waals surface area contributed by atoms with Crippen LogP contribution in [0.5, 0.6) is 0 Å². The number of nitrogens with one attached hydrogen (secondary N) is 3. The van der Waals surface area contributed by atoms with Crippen LogP contribution in [0.2, 0.25) is 5.02 Å². The fraction of sp³-hybridized carbons (Fsp3) is 0.500. The van der Waals surface area contributed by atoms with Gasteiger partial charge in [-0.25, -0.2) is 18.0 Å². The minimum absolute atomic E-state index is 0.0826. The van der Waals surface area contributed by atoms with Crippen LogP contribution in [-0.4, -0.2) is 65.2 Å². The van der Waals surface area contributed by atoms with Crippen LogP contribution in [-0.2, 0) is 21.4 Å². The van der Waals surface area contributed by atoms with Crippen LogP contribution in [0.15, 0.2) is 48.7 Å². The zero-order valence-electron chi connectivity index (χ0n) is 27.8. The van der Waals surface area contributed by atoms with Gasteiger partial charge < -0.3 is 19.9 Å². The molecule has 14 heteroatoms. The van der Waals surface area contributed by atoms with Gasteiger partial charge in [0.2, 0.25) is 0 Å². The van der Waals surface area contributed by atoms with Crippen LogP contribution in [0.4, 0.5) is 23.8 Å². The second-order valence-corrected chi connectivity index (χ2v) is 14.2. The maximum absolute atomic E-state index is 15.8. The van der Waals surface area contributed by atoms with Crippen LogP contribution in [0.1, 0.15) is 58.1 Å². The Morgan fingerprint density at radius 2 is 1.94 bits per heavy atom. The monoisotopic (exact) mass is 690 g/mol. The fourth-order valence-electron chi connectivity index (χ4n) is 6.19. The highest BCUT2D eigenvalue weighted by Gasteiger charge is 2.61. The number of likely N-dealkylation sites (N-methyl/N-ethyl adjacent to an activating group) is 1. The van der Waals surface area contributed by atoms with Crippen molar-refractivity contribution in [2.24, 2.45) is 5.41 Å². The van der Waals surface area contributed by atoms with E-state index >= 15 is 8.78 Å². The van der Waals surface area contributed by atoms with Gasteiger partial charge in [-0.15, -0.1) is 0 Å². The molecule has 0 unspecified atom stereocenters. The quantitative estimate of drug-likeness (QED) is 0.186. The number of hydrogen-bond acceptors (Lipinski definition) is 8. The van der Waals surface area contributed by atoms with E-state index in [-0.39, 0.29) is 35.0 Å². The molecule has 10 nitrogen and oxygen atoms in total. The molecule has 5 atom stereocenters. The van der Waals surface area contributed by atoms with E-state index in [9.17, 15) is 19.6 Å². The average Bonchev–Trinajstić information content (AvgIpc) is 3.53. The molecule has 1 aliphatic heterocycles. The Morgan fingerprint density at radius 1 is 1.21 bits per heavy atom. The molecule has 2 aromatic carbocycles. The standard InChI is InChI=1S/C34H42ClF3N6O4/c1-32(2,3)15-26-34(18-39,23-11-10-20(36)14-25(23)37)28(22-8-7-9-24(35)29(22)38)30(41-26)48-31(46)42-27-12-13-44(43-27)19-33(4,5)47-17-21(45)16-40-6/h7-14,21,26,28,30,40-41,45H,15-17,19H2,1-6H3,(H,42,43,46)/t21-,26-,28-,30+,34-/m0/s1. The Balaban J connectivity index is 1.66. The molecule has 3 aromatic rings. The van der Waals surface area contributed by atoms with Crippen molar-refractivity contribution in [1.82, 2.24) is 20.4 Å². The first-order valence-electron chi connectivity index (χ1n) is 15.5. The van der Waals surface area contributed by atoms with Crippen molar-refractivity contribution in [2.45, 2.75) is 82.9 Å². The molecule has 260 valence electrons. The lowest BCUT2D eigenvalue weighted by Crippen LogP contribution is -2.44. The molecule has 0 radical (unpaired) electrons. The largest absolute Gasteiger partial charge is 0.429 e. The number of hydrogen-bond donors (Lipinski definition) is 4. The summed E-state index contributed by atoms with van der Waals surface area (Å²) in [6, 6.07) is 9.98. The topological polar surface area (TPSA) is 133 Å². The van der Waals surface area contributed by atoms with E-state index in [1.165, 1.54) is 24.3 Å². The predicted octanol–water partition coefficient (Wildman–Crippen LogP) is 5.86. The molecular weight excluding hydrogens is 649 g/mol. The summed E-state index contributed by atoms with van der Waals surface area (Å²) in [5, 5.41) is 33.6. The molecule has 4 N–H and O–H groups in total. The summed E-state index contributed by atoms with van der Waals surface area (Å²) in [5.41, 5.74) is -3.26. The Bertz CT molecular complexity index is 1640. The number of ether oxygens (including phenoxy) is 2.